The van der Waals surface area contributed by atoms with Gasteiger partial charge in [-0.15, -0.1) is 0 Å². The van der Waals surface area contributed by atoms with Crippen LogP contribution in [0, 0.1) is 6.92 Å². The number of amides is 2. The molecule has 1 aliphatic heterocycles. The van der Waals surface area contributed by atoms with Gasteiger partial charge in [0.2, 0.25) is 0 Å². The van der Waals surface area contributed by atoms with Gasteiger partial charge in [-0.25, -0.2) is 9.59 Å². The van der Waals surface area contributed by atoms with Gasteiger partial charge in [-0.2, -0.15) is 13.2 Å². The van der Waals surface area contributed by atoms with Crippen LogP contribution in [-0.2, 0) is 16.8 Å². The minimum atomic E-state index is -5.08. The molecule has 3 atom stereocenters. The van der Waals surface area contributed by atoms with Gasteiger partial charge in [0.25, 0.3) is 0 Å². The summed E-state index contributed by atoms with van der Waals surface area (Å²) >= 11 is 1.58. The number of carboxylic acids is 1. The van der Waals surface area contributed by atoms with Crippen LogP contribution in [0.5, 0.6) is 11.5 Å². The number of likely N-dealkylation sites (tertiary alicyclic amines) is 1. The Hall–Kier alpha value is -3.06. The number of halogens is 3. The van der Waals surface area contributed by atoms with Crippen LogP contribution in [0.2, 0.25) is 0 Å². The highest BCUT2D eigenvalue weighted by molar-refractivity contribution is 7.98. The van der Waals surface area contributed by atoms with Crippen molar-refractivity contribution >= 4 is 23.9 Å². The molecule has 1 saturated heterocycles. The lowest BCUT2D eigenvalue weighted by Crippen LogP contribution is -2.48. The fourth-order valence-electron chi connectivity index (χ4n) is 5.71. The standard InChI is InChI=1S/C27H39N3O4S.C2HF3O2/c1-5-6-14-28-26(31)29-35-22-11-12-27(20-8-10-23(32-3)24(16-20)33-4)13-15-30(25(27)17-22)18-21-9-7-19(2)34-21;3-2(4,5)1(6)7/h7-10,16,22,25H,5-6,11-15,17-18H2,1-4H3,(H2,28,29,31);(H,6,7). The van der Waals surface area contributed by atoms with Crippen LogP contribution in [0.3, 0.4) is 0 Å². The average Bonchev–Trinajstić information content (AvgIpc) is 3.54. The van der Waals surface area contributed by atoms with Crippen LogP contribution in [0.1, 0.15) is 62.5 Å². The van der Waals surface area contributed by atoms with E-state index in [0.29, 0.717) is 11.3 Å². The molecule has 0 radical (unpaired) electrons. The van der Waals surface area contributed by atoms with E-state index in [1.807, 2.05) is 19.1 Å². The third kappa shape index (κ3) is 8.50. The Morgan fingerprint density at radius 2 is 1.88 bits per heavy atom. The number of furan rings is 1. The van der Waals surface area contributed by atoms with E-state index in [-0.39, 0.29) is 11.4 Å². The van der Waals surface area contributed by atoms with Gasteiger partial charge in [-0.1, -0.05) is 19.4 Å². The third-order valence-corrected chi connectivity index (χ3v) is 8.88. The SMILES string of the molecule is CCCCNC(=O)NSC1CCC2(c3ccc(OC)c(OC)c3)CCN(Cc3ccc(C)o3)C2C1.O=C(O)C(F)(F)F. The number of unbranched alkanes of at least 4 members (excludes halogenated alkanes) is 1. The zero-order chi connectivity index (χ0) is 30.9. The van der Waals surface area contributed by atoms with Crippen molar-refractivity contribution in [3.63, 3.8) is 0 Å². The molecular formula is C29H40F3N3O6S. The van der Waals surface area contributed by atoms with Crippen molar-refractivity contribution < 1.29 is 41.8 Å². The first-order valence-electron chi connectivity index (χ1n) is 13.9. The third-order valence-electron chi connectivity index (χ3n) is 7.81. The molecule has 234 valence electrons. The number of fused-ring (bicyclic) bond motifs is 1. The molecule has 0 spiro atoms. The first-order chi connectivity index (χ1) is 19.9. The van der Waals surface area contributed by atoms with E-state index in [9.17, 15) is 18.0 Å². The van der Waals surface area contributed by atoms with Crippen LogP contribution in [0.15, 0.2) is 34.7 Å². The summed E-state index contributed by atoms with van der Waals surface area (Å²) in [7, 11) is 3.37. The number of aryl methyl sites for hydroxylation is 1. The maximum atomic E-state index is 12.2. The Balaban J connectivity index is 0.000000616. The second kappa shape index (κ2) is 14.9. The second-order valence-electron chi connectivity index (χ2n) is 10.5. The molecule has 1 saturated carbocycles. The van der Waals surface area contributed by atoms with Crippen molar-refractivity contribution in [3.8, 4) is 11.5 Å². The topological polar surface area (TPSA) is 113 Å². The molecule has 3 N–H and O–H groups in total. The number of carbonyl (C=O) groups is 2. The number of nitrogens with zero attached hydrogens (tertiary/aromatic N) is 1. The number of nitrogens with one attached hydrogen (secondary N) is 2. The monoisotopic (exact) mass is 615 g/mol. The average molecular weight is 616 g/mol. The summed E-state index contributed by atoms with van der Waals surface area (Å²) in [5.41, 5.74) is 1.36. The predicted molar refractivity (Wildman–Crippen MR) is 154 cm³/mol. The number of aliphatic carboxylic acids is 1. The number of carbonyl (C=O) groups excluding carboxylic acids is 1. The van der Waals surface area contributed by atoms with Crippen molar-refractivity contribution in [2.45, 2.75) is 81.8 Å². The Morgan fingerprint density at radius 3 is 2.48 bits per heavy atom. The number of carboxylic acid groups (broad SMARTS) is 1. The molecule has 0 bridgehead atoms. The van der Waals surface area contributed by atoms with E-state index in [0.717, 1.165) is 81.2 Å². The fraction of sp³-hybridized carbons (Fsp3) is 0.586. The van der Waals surface area contributed by atoms with Gasteiger partial charge in [0.05, 0.1) is 20.8 Å². The Kier molecular flexibility index (Phi) is 11.9. The van der Waals surface area contributed by atoms with Crippen molar-refractivity contribution in [2.75, 3.05) is 27.3 Å². The van der Waals surface area contributed by atoms with Crippen LogP contribution >= 0.6 is 11.9 Å². The van der Waals surface area contributed by atoms with E-state index >= 15 is 0 Å². The number of rotatable bonds is 10. The largest absolute Gasteiger partial charge is 0.493 e. The molecule has 2 amide bonds. The zero-order valence-corrected chi connectivity index (χ0v) is 25.2. The molecule has 13 heteroatoms. The van der Waals surface area contributed by atoms with Gasteiger partial charge in [0, 0.05) is 23.3 Å². The van der Waals surface area contributed by atoms with Crippen LogP contribution < -0.4 is 19.5 Å². The Bertz CT molecular complexity index is 1190. The zero-order valence-electron chi connectivity index (χ0n) is 24.4. The molecule has 1 aromatic heterocycles. The smallest absolute Gasteiger partial charge is 0.490 e. The Labute approximate surface area is 248 Å². The molecule has 2 aliphatic rings. The van der Waals surface area contributed by atoms with Crippen molar-refractivity contribution in [2.24, 2.45) is 0 Å². The highest BCUT2D eigenvalue weighted by Crippen LogP contribution is 2.52. The molecular weight excluding hydrogens is 575 g/mol. The summed E-state index contributed by atoms with van der Waals surface area (Å²) in [6.45, 7) is 6.65. The lowest BCUT2D eigenvalue weighted by atomic mass is 9.66. The minimum absolute atomic E-state index is 0.0433. The number of urea groups is 1. The number of hydrogen-bond donors (Lipinski definition) is 3. The van der Waals surface area contributed by atoms with Crippen LogP contribution in [-0.4, -0.2) is 66.8 Å². The Morgan fingerprint density at radius 1 is 1.17 bits per heavy atom. The number of methoxy groups -OCH3 is 2. The summed E-state index contributed by atoms with van der Waals surface area (Å²) in [6.07, 6.45) is 1.21. The molecule has 9 nitrogen and oxygen atoms in total. The molecule has 2 aromatic rings. The summed E-state index contributed by atoms with van der Waals surface area (Å²) in [4.78, 5) is 23.7. The molecule has 2 fully saturated rings. The normalized spacial score (nSPS) is 22.0. The first-order valence-corrected chi connectivity index (χ1v) is 14.8. The summed E-state index contributed by atoms with van der Waals surface area (Å²) in [5, 5.41) is 10.4. The number of alkyl halides is 3. The van der Waals surface area contributed by atoms with Gasteiger partial charge in [0.15, 0.2) is 11.5 Å². The van der Waals surface area contributed by atoms with E-state index in [4.69, 9.17) is 23.8 Å². The van der Waals surface area contributed by atoms with Gasteiger partial charge >= 0.3 is 18.2 Å². The highest BCUT2D eigenvalue weighted by atomic mass is 32.2. The van der Waals surface area contributed by atoms with Crippen molar-refractivity contribution in [3.05, 3.63) is 47.4 Å². The molecule has 3 unspecified atom stereocenters. The second-order valence-corrected chi connectivity index (χ2v) is 11.6. The lowest BCUT2D eigenvalue weighted by molar-refractivity contribution is -0.192. The number of ether oxygens (including phenoxy) is 2. The van der Waals surface area contributed by atoms with E-state index in [1.165, 1.54) is 5.56 Å². The maximum absolute atomic E-state index is 12.2. The van der Waals surface area contributed by atoms with Gasteiger partial charge in [0.1, 0.15) is 11.5 Å². The summed E-state index contributed by atoms with van der Waals surface area (Å²) in [6, 6.07) is 10.8. The molecule has 2 heterocycles. The van der Waals surface area contributed by atoms with Gasteiger partial charge in [-0.05, 0) is 87.3 Å². The van der Waals surface area contributed by atoms with E-state index in [2.05, 4.69) is 40.1 Å². The van der Waals surface area contributed by atoms with Gasteiger partial charge < -0.3 is 24.3 Å². The van der Waals surface area contributed by atoms with Crippen LogP contribution in [0.4, 0.5) is 18.0 Å². The minimum Gasteiger partial charge on any atom is -0.493 e. The molecule has 4 rings (SSSR count). The summed E-state index contributed by atoms with van der Waals surface area (Å²) < 4.78 is 51.9. The summed E-state index contributed by atoms with van der Waals surface area (Å²) in [5.74, 6) is 0.731. The maximum Gasteiger partial charge on any atom is 0.490 e. The molecule has 42 heavy (non-hydrogen) atoms. The highest BCUT2D eigenvalue weighted by Gasteiger charge is 2.52. The van der Waals surface area contributed by atoms with Crippen molar-refractivity contribution in [1.82, 2.24) is 14.9 Å². The van der Waals surface area contributed by atoms with Crippen molar-refractivity contribution in [1.29, 1.82) is 0 Å². The quantitative estimate of drug-likeness (QED) is 0.219. The van der Waals surface area contributed by atoms with Crippen LogP contribution in [0.25, 0.3) is 0 Å². The predicted octanol–water partition coefficient (Wildman–Crippen LogP) is 6.05. The molecule has 1 aliphatic carbocycles. The number of hydrogen-bond acceptors (Lipinski definition) is 7. The number of benzene rings is 1. The molecule has 1 aromatic carbocycles. The van der Waals surface area contributed by atoms with Gasteiger partial charge in [-0.3, -0.25) is 9.62 Å². The van der Waals surface area contributed by atoms with E-state index in [1.54, 1.807) is 26.2 Å². The lowest BCUT2D eigenvalue weighted by Gasteiger charge is -2.45. The van der Waals surface area contributed by atoms with E-state index < -0.39 is 12.1 Å². The fourth-order valence-corrected chi connectivity index (χ4v) is 6.57. The first kappa shape index (κ1) is 33.4.